The second-order valence-electron chi connectivity index (χ2n) is 9.34. The van der Waals surface area contributed by atoms with E-state index in [1.54, 1.807) is 6.92 Å². The van der Waals surface area contributed by atoms with Crippen molar-refractivity contribution in [2.45, 2.75) is 95.0 Å². The molecule has 2 aliphatic rings. The molecule has 0 radical (unpaired) electrons. The number of alkyl halides is 2. The van der Waals surface area contributed by atoms with Crippen LogP contribution in [0.15, 0.2) is 11.6 Å². The van der Waals surface area contributed by atoms with Gasteiger partial charge in [0.1, 0.15) is 12.2 Å². The zero-order valence-electron chi connectivity index (χ0n) is 18.9. The van der Waals surface area contributed by atoms with Crippen LogP contribution in [-0.4, -0.2) is 76.4 Å². The number of hydrogen-bond donors (Lipinski definition) is 3. The molecule has 2 rings (SSSR count). The van der Waals surface area contributed by atoms with E-state index in [0.29, 0.717) is 38.2 Å². The molecule has 0 saturated carbocycles. The van der Waals surface area contributed by atoms with E-state index in [0.717, 1.165) is 0 Å². The van der Waals surface area contributed by atoms with Gasteiger partial charge in [-0.3, -0.25) is 20.3 Å². The quantitative estimate of drug-likeness (QED) is 0.207. The van der Waals surface area contributed by atoms with Crippen molar-refractivity contribution in [3.05, 3.63) is 11.6 Å². The Labute approximate surface area is 187 Å². The summed E-state index contributed by atoms with van der Waals surface area (Å²) in [6.45, 7) is 12.1. The lowest BCUT2D eigenvalue weighted by atomic mass is 9.82. The second kappa shape index (κ2) is 10.4. The third-order valence-corrected chi connectivity index (χ3v) is 6.19. The first-order valence-electron chi connectivity index (χ1n) is 10.6. The van der Waals surface area contributed by atoms with Crippen molar-refractivity contribution in [1.29, 1.82) is 0 Å². The second-order valence-corrected chi connectivity index (χ2v) is 10.5. The summed E-state index contributed by atoms with van der Waals surface area (Å²) in [5.41, 5.74) is -1.000. The van der Waals surface area contributed by atoms with Gasteiger partial charge < -0.3 is 14.6 Å². The Balaban J connectivity index is 2.32. The van der Waals surface area contributed by atoms with Gasteiger partial charge in [-0.2, -0.15) is 0 Å². The molecule has 0 bridgehead atoms. The molecule has 1 aliphatic carbocycles. The van der Waals surface area contributed by atoms with E-state index in [4.69, 9.17) is 9.47 Å². The fourth-order valence-electron chi connectivity index (χ4n) is 4.16. The highest BCUT2D eigenvalue weighted by molar-refractivity contribution is 9.09. The number of halogens is 2. The van der Waals surface area contributed by atoms with E-state index in [1.807, 2.05) is 45.6 Å². The molecule has 4 unspecified atom stereocenters. The van der Waals surface area contributed by atoms with Crippen LogP contribution in [0.5, 0.6) is 0 Å². The van der Waals surface area contributed by atoms with Gasteiger partial charge in [0.2, 0.25) is 6.41 Å². The van der Waals surface area contributed by atoms with Crippen LogP contribution < -0.4 is 10.6 Å². The lowest BCUT2D eigenvalue weighted by Gasteiger charge is -2.43. The number of hydrogen-bond acceptors (Lipinski definition) is 7. The van der Waals surface area contributed by atoms with Crippen molar-refractivity contribution in [3.63, 3.8) is 0 Å². The summed E-state index contributed by atoms with van der Waals surface area (Å²) < 4.78 is 26.0. The van der Waals surface area contributed by atoms with Gasteiger partial charge in [0.25, 0.3) is 0 Å². The first-order valence-corrected chi connectivity index (χ1v) is 11.6. The molecule has 1 fully saturated rings. The molecule has 1 aliphatic heterocycles. The minimum atomic E-state index is -1.30. The molecule has 3 N–H and O–H groups in total. The van der Waals surface area contributed by atoms with Crippen molar-refractivity contribution in [2.75, 3.05) is 19.8 Å². The minimum Gasteiger partial charge on any atom is -0.465 e. The fourth-order valence-corrected chi connectivity index (χ4v) is 4.71. The van der Waals surface area contributed by atoms with Crippen molar-refractivity contribution >= 4 is 21.9 Å². The molecule has 1 saturated heterocycles. The molecule has 0 aromatic carbocycles. The number of aliphatic hydroxyl groups is 1. The number of allylic oxidation sites excluding steroid dienone is 1. The summed E-state index contributed by atoms with van der Waals surface area (Å²) >= 11 is 3.58. The Bertz CT molecular complexity index is 630. The average Bonchev–Trinajstić information content (AvgIpc) is 2.95. The van der Waals surface area contributed by atoms with Gasteiger partial charge in [-0.15, -0.1) is 0 Å². The summed E-state index contributed by atoms with van der Waals surface area (Å²) in [6.07, 6.45) is 0.526. The monoisotopic (exact) mass is 493 g/mol. The van der Waals surface area contributed by atoms with E-state index < -0.39 is 29.8 Å². The Morgan fingerprint density at radius 3 is 2.70 bits per heavy atom. The molecule has 174 valence electrons. The maximum absolute atomic E-state index is 15.1. The Hall–Kier alpha value is -0.580. The Kier molecular flexibility index (Phi) is 8.87. The molecule has 9 heteroatoms. The Morgan fingerprint density at radius 1 is 1.43 bits per heavy atom. The number of carbonyl (C=O) groups excluding carboxylic acids is 1. The lowest BCUT2D eigenvalue weighted by molar-refractivity contribution is -0.190. The summed E-state index contributed by atoms with van der Waals surface area (Å²) in [6, 6.07) is -0.594. The third kappa shape index (κ3) is 6.71. The van der Waals surface area contributed by atoms with Crippen LogP contribution >= 0.6 is 15.9 Å². The number of rotatable bonds is 8. The van der Waals surface area contributed by atoms with Crippen molar-refractivity contribution in [1.82, 2.24) is 15.5 Å². The van der Waals surface area contributed by atoms with Gasteiger partial charge in [-0.05, 0) is 60.0 Å². The predicted molar refractivity (Wildman–Crippen MR) is 118 cm³/mol. The summed E-state index contributed by atoms with van der Waals surface area (Å²) in [5, 5.41) is 16.9. The molecule has 6 atom stereocenters. The average molecular weight is 494 g/mol. The van der Waals surface area contributed by atoms with Crippen LogP contribution in [0.25, 0.3) is 0 Å². The van der Waals surface area contributed by atoms with Crippen LogP contribution in [0.2, 0.25) is 0 Å². The van der Waals surface area contributed by atoms with Crippen molar-refractivity contribution in [3.8, 4) is 0 Å². The molecule has 0 amide bonds. The molecule has 0 spiro atoms. The van der Waals surface area contributed by atoms with Gasteiger partial charge in [-0.25, -0.2) is 4.39 Å². The van der Waals surface area contributed by atoms with Crippen molar-refractivity contribution < 1.29 is 23.8 Å². The standard InChI is InChI=1S/C21H37BrFN3O4/c1-7-29-18(27)17-13(2)24-12-26(17)11-21(6,25-19(28)30-20(3,4)5)15-10-14(22)8-9-16(15)23/h10,13-14,16-17,19,24-25,28H,7-9,11-12H2,1-6H3/t13-,14?,16?,17?,19?,21+/m1/s1. The number of nitrogens with one attached hydrogen (secondary N) is 2. The van der Waals surface area contributed by atoms with Gasteiger partial charge in [-0.1, -0.05) is 22.0 Å². The van der Waals surface area contributed by atoms with Crippen LogP contribution in [0.3, 0.4) is 0 Å². The highest BCUT2D eigenvalue weighted by atomic mass is 79.9. The topological polar surface area (TPSA) is 83.1 Å². The molecule has 30 heavy (non-hydrogen) atoms. The summed E-state index contributed by atoms with van der Waals surface area (Å²) in [5.74, 6) is -0.309. The van der Waals surface area contributed by atoms with Crippen molar-refractivity contribution in [2.24, 2.45) is 0 Å². The smallest absolute Gasteiger partial charge is 0.325 e. The van der Waals surface area contributed by atoms with Crippen LogP contribution in [0.4, 0.5) is 4.39 Å². The molecule has 0 aromatic heterocycles. The molecule has 7 nitrogen and oxygen atoms in total. The van der Waals surface area contributed by atoms with Gasteiger partial charge in [0.05, 0.1) is 17.7 Å². The summed E-state index contributed by atoms with van der Waals surface area (Å²) in [4.78, 5) is 14.5. The first-order chi connectivity index (χ1) is 13.9. The van der Waals surface area contributed by atoms with Crippen LogP contribution in [0.1, 0.15) is 54.4 Å². The largest absolute Gasteiger partial charge is 0.465 e. The number of aliphatic hydroxyl groups excluding tert-OH is 1. The highest BCUT2D eigenvalue weighted by Gasteiger charge is 2.45. The zero-order valence-corrected chi connectivity index (χ0v) is 20.5. The van der Waals surface area contributed by atoms with Crippen LogP contribution in [0, 0.1) is 0 Å². The molecular weight excluding hydrogens is 457 g/mol. The Morgan fingerprint density at radius 2 is 2.10 bits per heavy atom. The predicted octanol–water partition coefficient (Wildman–Crippen LogP) is 2.43. The maximum atomic E-state index is 15.1. The maximum Gasteiger partial charge on any atom is 0.325 e. The van der Waals surface area contributed by atoms with Gasteiger partial charge >= 0.3 is 5.97 Å². The fraction of sp³-hybridized carbons (Fsp3) is 0.857. The van der Waals surface area contributed by atoms with E-state index >= 15 is 4.39 Å². The molecular formula is C21H37BrFN3O4. The number of ether oxygens (including phenoxy) is 2. The first kappa shape index (κ1) is 25.7. The van der Waals surface area contributed by atoms with E-state index in [-0.39, 0.29) is 16.8 Å². The number of esters is 1. The van der Waals surface area contributed by atoms with Crippen LogP contribution in [-0.2, 0) is 14.3 Å². The molecule has 0 aromatic rings. The number of nitrogens with zero attached hydrogens (tertiary/aromatic N) is 1. The summed E-state index contributed by atoms with van der Waals surface area (Å²) in [7, 11) is 0. The molecule has 1 heterocycles. The van der Waals surface area contributed by atoms with E-state index in [1.165, 1.54) is 0 Å². The van der Waals surface area contributed by atoms with Gasteiger partial charge in [0, 0.05) is 24.1 Å². The number of carbonyl (C=O) groups is 1. The van der Waals surface area contributed by atoms with Gasteiger partial charge in [0.15, 0.2) is 0 Å². The third-order valence-electron chi connectivity index (χ3n) is 5.47. The minimum absolute atomic E-state index is 0.0535. The van der Waals surface area contributed by atoms with E-state index in [2.05, 4.69) is 26.6 Å². The SMILES string of the molecule is CCOC(=O)C1[C@@H](C)NCN1C[C@](C)(NC(O)OC(C)(C)C)C1=CC(Br)CCC1F. The van der Waals surface area contributed by atoms with E-state index in [9.17, 15) is 9.90 Å². The zero-order chi connectivity index (χ0) is 22.7. The highest BCUT2D eigenvalue weighted by Crippen LogP contribution is 2.34. The lowest BCUT2D eigenvalue weighted by Crippen LogP contribution is -2.61. The normalized spacial score (nSPS) is 31.2.